The van der Waals surface area contributed by atoms with E-state index in [9.17, 15) is 32.3 Å². The number of fused-ring (bicyclic) bond motifs is 6. The summed E-state index contributed by atoms with van der Waals surface area (Å²) in [6, 6.07) is 7.81. The van der Waals surface area contributed by atoms with Gasteiger partial charge in [-0.25, -0.2) is 29.1 Å². The largest absolute Gasteiger partial charge is 0.472 e. The van der Waals surface area contributed by atoms with E-state index in [0.29, 0.717) is 76.8 Å². The van der Waals surface area contributed by atoms with Crippen LogP contribution < -0.4 is 41.3 Å². The number of aliphatic hydroxyl groups is 1. The number of anilines is 3. The van der Waals surface area contributed by atoms with E-state index in [0.717, 1.165) is 54.4 Å². The average molecular weight is 992 g/mol. The first-order valence-corrected chi connectivity index (χ1v) is 26.4. The van der Waals surface area contributed by atoms with E-state index < -0.39 is 53.8 Å². The molecule has 0 saturated carbocycles. The van der Waals surface area contributed by atoms with E-state index in [1.165, 1.54) is 6.33 Å². The quantitative estimate of drug-likeness (QED) is 0.0346. The minimum Gasteiger partial charge on any atom is -0.452 e. The lowest BCUT2D eigenvalue weighted by molar-refractivity contribution is -0.121. The molecule has 2 fully saturated rings. The fraction of sp³-hybridized carbons (Fsp3) is 0.522. The van der Waals surface area contributed by atoms with Crippen molar-refractivity contribution in [3.8, 4) is 11.5 Å². The second kappa shape index (κ2) is 18.5. The molecule has 2 aromatic carbocycles. The zero-order valence-electron chi connectivity index (χ0n) is 39.5. The molecule has 7 N–H and O–H groups in total. The number of nitrogen functional groups attached to an aromatic ring is 1. The van der Waals surface area contributed by atoms with Crippen LogP contribution in [0.4, 0.5) is 23.1 Å². The number of aromatic nitrogens is 4. The van der Waals surface area contributed by atoms with Crippen molar-refractivity contribution in [2.24, 2.45) is 4.99 Å². The molecule has 5 aliphatic heterocycles. The monoisotopic (exact) mass is 991 g/mol. The number of phosphoric acid groups is 1. The van der Waals surface area contributed by atoms with Crippen LogP contribution in [-0.4, -0.2) is 116 Å². The third kappa shape index (κ3) is 9.77. The molecule has 2 saturated heterocycles. The summed E-state index contributed by atoms with van der Waals surface area (Å²) in [5.74, 6) is 0.965. The highest BCUT2D eigenvalue weighted by molar-refractivity contribution is 7.86. The van der Waals surface area contributed by atoms with Crippen LogP contribution in [0.5, 0.6) is 11.5 Å². The van der Waals surface area contributed by atoms with Crippen LogP contribution in [0.25, 0.3) is 22.3 Å². The number of phosphoric ester groups is 1. The maximum Gasteiger partial charge on any atom is 0.472 e. The van der Waals surface area contributed by atoms with Gasteiger partial charge in [-0.05, 0) is 69.9 Å². The summed E-state index contributed by atoms with van der Waals surface area (Å²) in [6.45, 7) is 14.6. The number of nitrogens with two attached hydrogens (primary N) is 1. The van der Waals surface area contributed by atoms with Crippen LogP contribution in [0.15, 0.2) is 47.7 Å². The highest BCUT2D eigenvalue weighted by atomic mass is 32.2. The number of carbonyl (C=O) groups excluding carboxylic acids is 1. The maximum absolute atomic E-state index is 13.1. The number of imidazole rings is 1. The number of aliphatic hydroxyl groups excluding tert-OH is 1. The minimum atomic E-state index is -4.37. The van der Waals surface area contributed by atoms with Crippen LogP contribution in [-0.2, 0) is 33.3 Å². The number of nitrogens with one attached hydrogen (secondary N) is 2. The van der Waals surface area contributed by atoms with Crippen molar-refractivity contribution in [1.29, 1.82) is 0 Å². The Labute approximate surface area is 399 Å². The number of nitrogens with zero attached hydrogens (tertiary/aromatic N) is 7. The second-order valence-corrected chi connectivity index (χ2v) is 22.1. The van der Waals surface area contributed by atoms with E-state index in [1.807, 2.05) is 44.2 Å². The first kappa shape index (κ1) is 48.7. The minimum absolute atomic E-state index is 0.0765. The fourth-order valence-electron chi connectivity index (χ4n) is 10.3. The van der Waals surface area contributed by atoms with Crippen LogP contribution in [0.1, 0.15) is 97.4 Å². The molecule has 69 heavy (non-hydrogen) atoms. The highest BCUT2D eigenvalue weighted by Crippen LogP contribution is 2.53. The molecule has 1 amide bonds. The Bertz CT molecular complexity index is 3080. The van der Waals surface area contributed by atoms with Crippen LogP contribution >= 0.6 is 7.82 Å². The summed E-state index contributed by atoms with van der Waals surface area (Å²) in [5.41, 5.74) is 10.9. The van der Waals surface area contributed by atoms with Gasteiger partial charge in [0.1, 0.15) is 48.0 Å². The number of hydrogen-bond donors (Lipinski definition) is 6. The zero-order valence-corrected chi connectivity index (χ0v) is 41.2. The third-order valence-corrected chi connectivity index (χ3v) is 15.0. The molecule has 370 valence electrons. The van der Waals surface area contributed by atoms with Gasteiger partial charge in [0.25, 0.3) is 10.1 Å². The molecule has 0 radical (unpaired) electrons. The third-order valence-electron chi connectivity index (χ3n) is 13.3. The average Bonchev–Trinajstić information content (AvgIpc) is 3.79. The van der Waals surface area contributed by atoms with E-state index in [-0.39, 0.29) is 30.3 Å². The lowest BCUT2D eigenvalue weighted by Crippen LogP contribution is -2.50. The van der Waals surface area contributed by atoms with Crippen molar-refractivity contribution in [3.05, 3.63) is 64.6 Å². The molecule has 21 nitrogen and oxygen atoms in total. The van der Waals surface area contributed by atoms with Gasteiger partial charge in [-0.2, -0.15) is 8.42 Å². The molecular formula is C46H60N10O11PS+. The molecule has 9 rings (SSSR count). The molecular weight excluding hydrogens is 932 g/mol. The number of rotatable bonds is 16. The van der Waals surface area contributed by atoms with Gasteiger partial charge in [0.2, 0.25) is 17.2 Å². The normalized spacial score (nSPS) is 24.2. The number of benzene rings is 2. The van der Waals surface area contributed by atoms with Crippen molar-refractivity contribution in [1.82, 2.24) is 29.4 Å². The summed E-state index contributed by atoms with van der Waals surface area (Å²) in [4.78, 5) is 43.2. The fourth-order valence-corrected chi connectivity index (χ4v) is 11.9. The first-order valence-electron chi connectivity index (χ1n) is 23.3. The zero-order chi connectivity index (χ0) is 49.2. The molecule has 0 aliphatic carbocycles. The van der Waals surface area contributed by atoms with Gasteiger partial charge in [0, 0.05) is 63.6 Å². The van der Waals surface area contributed by atoms with Crippen molar-refractivity contribution >= 4 is 69.3 Å². The summed E-state index contributed by atoms with van der Waals surface area (Å²) in [6.07, 6.45) is 5.06. The number of likely N-dealkylation sites (N-methyl/N-ethyl adjacent to an activating group) is 1. The van der Waals surface area contributed by atoms with E-state index in [1.54, 1.807) is 4.57 Å². The van der Waals surface area contributed by atoms with Gasteiger partial charge in [-0.1, -0.05) is 18.9 Å². The summed E-state index contributed by atoms with van der Waals surface area (Å²) in [7, 11) is -8.71. The lowest BCUT2D eigenvalue weighted by atomic mass is 9.88. The maximum atomic E-state index is 13.1. The molecule has 2 aromatic heterocycles. The molecule has 0 bridgehead atoms. The SMILES string of the molecule is CCN1c2cc3c(cc2C(C)=CC1(C)C)N=c1cc2c(cc1O3)=[N+](CCCC(=O)NCCCCCCNc1nc3c(N)ncnc3n1[C@@H]1O[C@@H]3COP(=O)(O)O[C@H]3[C@H]1O)C(C)(C)C=C2CS(=O)(=O)O. The topological polar surface area (TPSA) is 278 Å². The smallest absolute Gasteiger partial charge is 0.452 e. The van der Waals surface area contributed by atoms with Crippen molar-refractivity contribution in [2.75, 3.05) is 54.5 Å². The standard InChI is InChI=1S/C46H59N10O11PS/c1-7-54-32-19-34-30(17-28(32)26(2)21-45(54,3)4)52-31-18-29-27(24-69(61,62)63)22-46(5,6)55(33(29)20-35(31)65-34)16-12-13-37(57)48-14-10-8-9-11-15-49-44-53-38-41(47)50-25-51-42(38)56(44)43-39(58)40-36(66-43)23-64-68(59,60)67-40/h17-22,25,36,39-40,43,47,52,58H,7-16,23-24H2,1-6H3,(H3,48,57,59,60,61,62,63)/p+1/t36-,39-,40-,43-/m1/s1. The number of allylic oxidation sites excluding steroid dienone is 1. The van der Waals surface area contributed by atoms with Gasteiger partial charge in [-0.3, -0.25) is 23.0 Å². The lowest BCUT2D eigenvalue weighted by Gasteiger charge is -2.43. The number of unbranched alkanes of at least 4 members (excludes halogenated alkanes) is 3. The Morgan fingerprint density at radius 1 is 1.03 bits per heavy atom. The Kier molecular flexibility index (Phi) is 13.0. The molecule has 5 atom stereocenters. The number of ether oxygens (including phenoxy) is 2. The molecule has 0 spiro atoms. The van der Waals surface area contributed by atoms with Gasteiger partial charge < -0.3 is 40.7 Å². The van der Waals surface area contributed by atoms with Gasteiger partial charge in [0.15, 0.2) is 40.2 Å². The number of hydrogen-bond acceptors (Lipinski definition) is 16. The predicted molar refractivity (Wildman–Crippen MR) is 258 cm³/mol. The number of amides is 1. The predicted octanol–water partition coefficient (Wildman–Crippen LogP) is 4.38. The second-order valence-electron chi connectivity index (χ2n) is 19.2. The molecule has 1 unspecified atom stereocenters. The highest BCUT2D eigenvalue weighted by Gasteiger charge is 2.53. The van der Waals surface area contributed by atoms with E-state index in [4.69, 9.17) is 29.2 Å². The molecule has 4 aromatic rings. The van der Waals surface area contributed by atoms with Gasteiger partial charge >= 0.3 is 7.82 Å². The Morgan fingerprint density at radius 2 is 1.80 bits per heavy atom. The van der Waals surface area contributed by atoms with Crippen molar-refractivity contribution in [2.45, 2.75) is 116 Å². The summed E-state index contributed by atoms with van der Waals surface area (Å²) >= 11 is 0. The van der Waals surface area contributed by atoms with E-state index >= 15 is 0 Å². The molecule has 23 heteroatoms. The Morgan fingerprint density at radius 3 is 2.55 bits per heavy atom. The van der Waals surface area contributed by atoms with Gasteiger partial charge in [-0.15, -0.1) is 0 Å². The van der Waals surface area contributed by atoms with Crippen LogP contribution in [0.2, 0.25) is 0 Å². The van der Waals surface area contributed by atoms with E-state index in [2.05, 4.69) is 68.8 Å². The molecule has 7 heterocycles. The van der Waals surface area contributed by atoms with Crippen molar-refractivity contribution < 1.29 is 50.9 Å². The molecule has 5 aliphatic rings. The van der Waals surface area contributed by atoms with Crippen molar-refractivity contribution in [3.63, 3.8) is 0 Å². The Balaban J connectivity index is 0.810. The van der Waals surface area contributed by atoms with Crippen LogP contribution in [0.3, 0.4) is 0 Å². The summed E-state index contributed by atoms with van der Waals surface area (Å²) < 4.78 is 73.0. The summed E-state index contributed by atoms with van der Waals surface area (Å²) in [5, 5.41) is 18.7. The first-order chi connectivity index (χ1) is 32.6. The Hall–Kier alpha value is -5.32. The number of carbonyl (C=O) groups is 1. The van der Waals surface area contributed by atoms with Gasteiger partial charge in [0.05, 0.1) is 23.8 Å². The van der Waals surface area contributed by atoms with Crippen LogP contribution in [0, 0.1) is 0 Å².